The second-order valence-electron chi connectivity index (χ2n) is 7.59. The fourth-order valence-corrected chi connectivity index (χ4v) is 5.43. The third-order valence-corrected chi connectivity index (χ3v) is 7.34. The fraction of sp³-hybridized carbons (Fsp3) is 0.304. The van der Waals surface area contributed by atoms with E-state index in [9.17, 15) is 4.79 Å². The van der Waals surface area contributed by atoms with Crippen LogP contribution in [0.25, 0.3) is 20.8 Å². The van der Waals surface area contributed by atoms with Crippen LogP contribution >= 0.6 is 22.7 Å². The van der Waals surface area contributed by atoms with Gasteiger partial charge in [-0.05, 0) is 61.5 Å². The number of piperidine rings is 1. The Balaban J connectivity index is 1.18. The quantitative estimate of drug-likeness (QED) is 0.428. The molecule has 0 radical (unpaired) electrons. The molecular formula is C23H23N5O2S2. The molecule has 9 heteroatoms. The number of hydrogen-bond donors (Lipinski definition) is 1. The zero-order valence-corrected chi connectivity index (χ0v) is 19.3. The molecular weight excluding hydrogens is 442 g/mol. The Morgan fingerprint density at radius 2 is 2.06 bits per heavy atom. The Kier molecular flexibility index (Phi) is 6.00. The van der Waals surface area contributed by atoms with Crippen molar-refractivity contribution in [2.75, 3.05) is 29.9 Å². The summed E-state index contributed by atoms with van der Waals surface area (Å²) >= 11 is 3.13. The van der Waals surface area contributed by atoms with Crippen molar-refractivity contribution >= 4 is 49.7 Å². The molecule has 0 unspecified atom stereocenters. The number of ether oxygens (including phenoxy) is 1. The van der Waals surface area contributed by atoms with Crippen molar-refractivity contribution in [3.63, 3.8) is 0 Å². The molecule has 0 saturated carbocycles. The largest absolute Gasteiger partial charge is 0.494 e. The van der Waals surface area contributed by atoms with Gasteiger partial charge < -0.3 is 15.0 Å². The number of nitrogens with zero attached hydrogens (tertiary/aromatic N) is 4. The number of carbonyl (C=O) groups excluding carboxylic acids is 1. The summed E-state index contributed by atoms with van der Waals surface area (Å²) in [6.45, 7) is 4.14. The normalized spacial score (nSPS) is 14.6. The minimum atomic E-state index is -0.0319. The van der Waals surface area contributed by atoms with Crippen molar-refractivity contribution in [3.05, 3.63) is 47.8 Å². The van der Waals surface area contributed by atoms with E-state index in [2.05, 4.69) is 25.4 Å². The first-order valence-corrected chi connectivity index (χ1v) is 12.4. The van der Waals surface area contributed by atoms with Crippen molar-refractivity contribution in [2.45, 2.75) is 19.8 Å². The van der Waals surface area contributed by atoms with Gasteiger partial charge >= 0.3 is 0 Å². The van der Waals surface area contributed by atoms with Crippen LogP contribution in [-0.4, -0.2) is 40.8 Å². The predicted molar refractivity (Wildman–Crippen MR) is 130 cm³/mol. The summed E-state index contributed by atoms with van der Waals surface area (Å²) < 4.78 is 6.55. The maximum atomic E-state index is 12.8. The van der Waals surface area contributed by atoms with Crippen LogP contribution in [0.2, 0.25) is 0 Å². The monoisotopic (exact) mass is 465 g/mol. The van der Waals surface area contributed by atoms with E-state index in [0.29, 0.717) is 11.7 Å². The minimum Gasteiger partial charge on any atom is -0.494 e. The van der Waals surface area contributed by atoms with Gasteiger partial charge in [-0.15, -0.1) is 21.5 Å². The number of thiazole rings is 1. The third-order valence-electron chi connectivity index (χ3n) is 5.51. The second-order valence-corrected chi connectivity index (χ2v) is 9.56. The number of nitrogens with one attached hydrogen (secondary N) is 1. The Hall–Kier alpha value is -3.04. The molecule has 1 fully saturated rings. The molecule has 0 bridgehead atoms. The van der Waals surface area contributed by atoms with Crippen molar-refractivity contribution in [2.24, 2.45) is 5.92 Å². The number of anilines is 2. The standard InChI is InChI=1S/C23H23N5O2S2/c1-2-30-16-5-6-17-20(14-16)32-23(24-17)25-22(29)15-9-11-28(12-10-15)21-8-7-18(26-27-21)19-4-3-13-31-19/h3-8,13-15H,2,9-12H2,1H3,(H,24,25,29). The lowest BCUT2D eigenvalue weighted by Crippen LogP contribution is -2.38. The predicted octanol–water partition coefficient (Wildman–Crippen LogP) is 5.07. The smallest absolute Gasteiger partial charge is 0.229 e. The highest BCUT2D eigenvalue weighted by Crippen LogP contribution is 2.31. The summed E-state index contributed by atoms with van der Waals surface area (Å²) in [6, 6.07) is 13.9. The van der Waals surface area contributed by atoms with E-state index in [-0.39, 0.29) is 11.8 Å². The van der Waals surface area contributed by atoms with Crippen LogP contribution in [0.5, 0.6) is 5.75 Å². The van der Waals surface area contributed by atoms with Crippen LogP contribution < -0.4 is 15.0 Å². The van der Waals surface area contributed by atoms with Crippen LogP contribution in [0.1, 0.15) is 19.8 Å². The molecule has 1 saturated heterocycles. The Bertz CT molecular complexity index is 1200. The number of rotatable bonds is 6. The number of hydrogen-bond acceptors (Lipinski definition) is 8. The molecule has 4 aromatic rings. The first-order chi connectivity index (χ1) is 15.7. The summed E-state index contributed by atoms with van der Waals surface area (Å²) in [4.78, 5) is 20.7. The van der Waals surface area contributed by atoms with Gasteiger partial charge in [0.2, 0.25) is 5.91 Å². The molecule has 1 aliphatic rings. The maximum Gasteiger partial charge on any atom is 0.229 e. The molecule has 0 spiro atoms. The highest BCUT2D eigenvalue weighted by Gasteiger charge is 2.26. The molecule has 0 atom stereocenters. The lowest BCUT2D eigenvalue weighted by molar-refractivity contribution is -0.120. The van der Waals surface area contributed by atoms with Crippen molar-refractivity contribution in [3.8, 4) is 16.3 Å². The highest BCUT2D eigenvalue weighted by molar-refractivity contribution is 7.22. The zero-order valence-electron chi connectivity index (χ0n) is 17.7. The van der Waals surface area contributed by atoms with Gasteiger partial charge in [0.05, 0.1) is 21.7 Å². The average molecular weight is 466 g/mol. The molecule has 7 nitrogen and oxygen atoms in total. The average Bonchev–Trinajstić information content (AvgIpc) is 3.49. The Labute approximate surface area is 194 Å². The van der Waals surface area contributed by atoms with E-state index < -0.39 is 0 Å². The van der Waals surface area contributed by atoms with Gasteiger partial charge in [0.1, 0.15) is 11.4 Å². The van der Waals surface area contributed by atoms with Gasteiger partial charge in [0.15, 0.2) is 10.9 Å². The molecule has 164 valence electrons. The number of amides is 1. The van der Waals surface area contributed by atoms with Gasteiger partial charge in [0, 0.05) is 19.0 Å². The van der Waals surface area contributed by atoms with Crippen LogP contribution in [0.3, 0.4) is 0 Å². The highest BCUT2D eigenvalue weighted by atomic mass is 32.1. The van der Waals surface area contributed by atoms with Gasteiger partial charge in [-0.25, -0.2) is 4.98 Å². The van der Waals surface area contributed by atoms with Crippen molar-refractivity contribution < 1.29 is 9.53 Å². The van der Waals surface area contributed by atoms with E-state index >= 15 is 0 Å². The molecule has 3 aromatic heterocycles. The number of thiophene rings is 1. The molecule has 32 heavy (non-hydrogen) atoms. The van der Waals surface area contributed by atoms with Gasteiger partial charge in [-0.1, -0.05) is 17.4 Å². The summed E-state index contributed by atoms with van der Waals surface area (Å²) in [6.07, 6.45) is 1.55. The van der Waals surface area contributed by atoms with E-state index in [4.69, 9.17) is 4.74 Å². The first kappa shape index (κ1) is 20.8. The van der Waals surface area contributed by atoms with Crippen molar-refractivity contribution in [1.82, 2.24) is 15.2 Å². The van der Waals surface area contributed by atoms with Gasteiger partial charge in [0.25, 0.3) is 0 Å². The molecule has 1 aliphatic heterocycles. The first-order valence-electron chi connectivity index (χ1n) is 10.7. The topological polar surface area (TPSA) is 80.2 Å². The summed E-state index contributed by atoms with van der Waals surface area (Å²) in [5.74, 6) is 1.68. The maximum absolute atomic E-state index is 12.8. The van der Waals surface area contributed by atoms with Crippen LogP contribution in [0, 0.1) is 5.92 Å². The SMILES string of the molecule is CCOc1ccc2nc(NC(=O)C3CCN(c4ccc(-c5cccs5)nn4)CC3)sc2c1. The minimum absolute atomic E-state index is 0.0319. The number of aromatic nitrogens is 3. The van der Waals surface area contributed by atoms with Crippen LogP contribution in [0.15, 0.2) is 47.8 Å². The molecule has 0 aliphatic carbocycles. The molecule has 4 heterocycles. The van der Waals surface area contributed by atoms with E-state index in [0.717, 1.165) is 58.3 Å². The number of carbonyl (C=O) groups is 1. The number of fused-ring (bicyclic) bond motifs is 1. The summed E-state index contributed by atoms with van der Waals surface area (Å²) in [5.41, 5.74) is 1.76. The fourth-order valence-electron chi connectivity index (χ4n) is 3.84. The lowest BCUT2D eigenvalue weighted by atomic mass is 9.96. The molecule has 1 N–H and O–H groups in total. The van der Waals surface area contributed by atoms with E-state index in [1.54, 1.807) is 11.3 Å². The van der Waals surface area contributed by atoms with Crippen LogP contribution in [0.4, 0.5) is 10.9 Å². The summed E-state index contributed by atoms with van der Waals surface area (Å²) in [7, 11) is 0. The van der Waals surface area contributed by atoms with Gasteiger partial charge in [-0.2, -0.15) is 0 Å². The zero-order chi connectivity index (χ0) is 21.9. The summed E-state index contributed by atoms with van der Waals surface area (Å²) in [5, 5.41) is 14.5. The lowest BCUT2D eigenvalue weighted by Gasteiger charge is -2.31. The number of benzene rings is 1. The van der Waals surface area contributed by atoms with E-state index in [1.165, 1.54) is 11.3 Å². The molecule has 1 aromatic carbocycles. The molecule has 5 rings (SSSR count). The molecule has 1 amide bonds. The Morgan fingerprint density at radius 1 is 1.19 bits per heavy atom. The van der Waals surface area contributed by atoms with Gasteiger partial charge in [-0.3, -0.25) is 4.79 Å². The second kappa shape index (κ2) is 9.22. The Morgan fingerprint density at radius 3 is 2.78 bits per heavy atom. The van der Waals surface area contributed by atoms with Crippen LogP contribution in [-0.2, 0) is 4.79 Å². The van der Waals surface area contributed by atoms with E-state index in [1.807, 2.05) is 54.8 Å². The third kappa shape index (κ3) is 4.44. The van der Waals surface area contributed by atoms with Crippen molar-refractivity contribution in [1.29, 1.82) is 0 Å².